The van der Waals surface area contributed by atoms with Gasteiger partial charge in [-0.05, 0) is 35.0 Å². The number of rotatable bonds is 7. The molecule has 4 rings (SSSR count). The van der Waals surface area contributed by atoms with Gasteiger partial charge in [0.05, 0.1) is 27.3 Å². The molecule has 168 valence electrons. The van der Waals surface area contributed by atoms with E-state index in [0.717, 1.165) is 16.8 Å². The van der Waals surface area contributed by atoms with Crippen molar-refractivity contribution in [2.24, 2.45) is 5.10 Å². The topological polar surface area (TPSA) is 137 Å². The molecule has 0 amide bonds. The highest BCUT2D eigenvalue weighted by Crippen LogP contribution is 2.28. The van der Waals surface area contributed by atoms with Crippen LogP contribution in [-0.2, 0) is 0 Å². The summed E-state index contributed by atoms with van der Waals surface area (Å²) in [5.41, 5.74) is 3.59. The van der Waals surface area contributed by atoms with E-state index in [1.165, 1.54) is 48.7 Å². The van der Waals surface area contributed by atoms with Gasteiger partial charge in [-0.1, -0.05) is 36.4 Å². The number of hydrogen-bond donors (Lipinski definition) is 1. The Balaban J connectivity index is 1.63. The number of nitrogens with one attached hydrogen (secondary N) is 1. The number of hydrazone groups is 1. The van der Waals surface area contributed by atoms with Crippen LogP contribution < -0.4 is 10.2 Å². The lowest BCUT2D eigenvalue weighted by Gasteiger charge is -2.10. The van der Waals surface area contributed by atoms with Crippen molar-refractivity contribution in [2.75, 3.05) is 5.43 Å². The zero-order valence-electron chi connectivity index (χ0n) is 17.5. The molecule has 0 fully saturated rings. The van der Waals surface area contributed by atoms with Gasteiger partial charge in [0.25, 0.3) is 11.4 Å². The lowest BCUT2D eigenvalue weighted by Crippen LogP contribution is -2.10. The van der Waals surface area contributed by atoms with E-state index in [9.17, 15) is 25.0 Å². The van der Waals surface area contributed by atoms with E-state index in [4.69, 9.17) is 4.74 Å². The van der Waals surface area contributed by atoms with Gasteiger partial charge >= 0.3 is 5.97 Å². The normalized spacial score (nSPS) is 10.8. The molecule has 0 bridgehead atoms. The van der Waals surface area contributed by atoms with Crippen molar-refractivity contribution >= 4 is 40.0 Å². The van der Waals surface area contributed by atoms with E-state index >= 15 is 0 Å². The van der Waals surface area contributed by atoms with Crippen molar-refractivity contribution in [1.82, 2.24) is 0 Å². The minimum atomic E-state index is -0.753. The van der Waals surface area contributed by atoms with Crippen LogP contribution in [0.3, 0.4) is 0 Å². The highest BCUT2D eigenvalue weighted by molar-refractivity contribution is 6.04. The third kappa shape index (κ3) is 4.86. The minimum Gasteiger partial charge on any atom is -0.422 e. The quantitative estimate of drug-likeness (QED) is 0.131. The predicted molar refractivity (Wildman–Crippen MR) is 126 cm³/mol. The summed E-state index contributed by atoms with van der Waals surface area (Å²) in [5, 5.41) is 27.7. The third-order valence-corrected chi connectivity index (χ3v) is 4.89. The number of ether oxygens (including phenoxy) is 1. The van der Waals surface area contributed by atoms with E-state index in [2.05, 4.69) is 10.5 Å². The molecule has 0 aliphatic carbocycles. The van der Waals surface area contributed by atoms with Crippen molar-refractivity contribution in [2.45, 2.75) is 0 Å². The summed E-state index contributed by atoms with van der Waals surface area (Å²) >= 11 is 0. The van der Waals surface area contributed by atoms with Gasteiger partial charge in [0.2, 0.25) is 0 Å². The van der Waals surface area contributed by atoms with Gasteiger partial charge in [-0.2, -0.15) is 5.10 Å². The number of nitro benzene ring substituents is 2. The monoisotopic (exact) mass is 456 g/mol. The first-order valence-electron chi connectivity index (χ1n) is 9.94. The molecular formula is C24H16N4O6. The number of fused-ring (bicyclic) bond motifs is 1. The molecule has 4 aromatic rings. The van der Waals surface area contributed by atoms with E-state index in [0.29, 0.717) is 11.3 Å². The molecule has 4 aromatic carbocycles. The maximum Gasteiger partial charge on any atom is 0.343 e. The second-order valence-corrected chi connectivity index (χ2v) is 7.07. The van der Waals surface area contributed by atoms with Gasteiger partial charge in [0.1, 0.15) is 5.75 Å². The van der Waals surface area contributed by atoms with E-state index in [1.54, 1.807) is 12.1 Å². The standard InChI is InChI=1S/C24H16N4O6/c29-24(17-5-3-6-20(14-17)28(32)33)34-23-13-8-16-4-1-2-7-21(16)22(23)15-25-26-18-9-11-19(12-10-18)27(30)31/h1-15,26H. The van der Waals surface area contributed by atoms with Crippen LogP contribution in [0.25, 0.3) is 10.8 Å². The second kappa shape index (κ2) is 9.57. The molecule has 10 nitrogen and oxygen atoms in total. The molecule has 0 unspecified atom stereocenters. The molecule has 10 heteroatoms. The number of benzene rings is 4. The molecule has 0 spiro atoms. The van der Waals surface area contributed by atoms with Crippen molar-refractivity contribution in [3.05, 3.63) is 116 Å². The smallest absolute Gasteiger partial charge is 0.343 e. The fourth-order valence-electron chi connectivity index (χ4n) is 3.23. The first-order valence-corrected chi connectivity index (χ1v) is 9.94. The second-order valence-electron chi connectivity index (χ2n) is 7.07. The van der Waals surface area contributed by atoms with Gasteiger partial charge in [0.15, 0.2) is 0 Å². The maximum absolute atomic E-state index is 12.7. The Morgan fingerprint density at radius 3 is 2.32 bits per heavy atom. The van der Waals surface area contributed by atoms with Crippen LogP contribution in [0.15, 0.2) is 90.0 Å². The Morgan fingerprint density at radius 2 is 1.59 bits per heavy atom. The molecule has 0 radical (unpaired) electrons. The maximum atomic E-state index is 12.7. The van der Waals surface area contributed by atoms with Crippen molar-refractivity contribution in [3.8, 4) is 5.75 Å². The first-order chi connectivity index (χ1) is 16.4. The molecule has 0 aliphatic heterocycles. The summed E-state index contributed by atoms with van der Waals surface area (Å²) in [6.45, 7) is 0. The fourth-order valence-corrected chi connectivity index (χ4v) is 3.23. The van der Waals surface area contributed by atoms with Crippen LogP contribution in [0.1, 0.15) is 15.9 Å². The van der Waals surface area contributed by atoms with Gasteiger partial charge in [-0.25, -0.2) is 4.79 Å². The van der Waals surface area contributed by atoms with Crippen LogP contribution in [-0.4, -0.2) is 22.0 Å². The molecule has 34 heavy (non-hydrogen) atoms. The zero-order chi connectivity index (χ0) is 24.1. The molecule has 1 N–H and O–H groups in total. The number of esters is 1. The average molecular weight is 456 g/mol. The first kappa shape index (κ1) is 22.1. The molecule has 0 saturated heterocycles. The number of non-ortho nitro benzene ring substituents is 2. The highest BCUT2D eigenvalue weighted by Gasteiger charge is 2.16. The molecule has 0 atom stereocenters. The van der Waals surface area contributed by atoms with Gasteiger partial charge in [-0.3, -0.25) is 25.7 Å². The fraction of sp³-hybridized carbons (Fsp3) is 0. The van der Waals surface area contributed by atoms with Crippen molar-refractivity contribution in [3.63, 3.8) is 0 Å². The number of nitro groups is 2. The summed E-state index contributed by atoms with van der Waals surface area (Å²) in [6.07, 6.45) is 1.47. The lowest BCUT2D eigenvalue weighted by molar-refractivity contribution is -0.385. The SMILES string of the molecule is O=C(Oc1ccc2ccccc2c1C=NNc1ccc([N+](=O)[O-])cc1)c1cccc([N+](=O)[O-])c1. The summed E-state index contributed by atoms with van der Waals surface area (Å²) < 4.78 is 5.56. The van der Waals surface area contributed by atoms with Crippen LogP contribution in [0, 0.1) is 20.2 Å². The molecular weight excluding hydrogens is 440 g/mol. The average Bonchev–Trinajstić information content (AvgIpc) is 2.85. The largest absolute Gasteiger partial charge is 0.422 e. The van der Waals surface area contributed by atoms with Crippen LogP contribution in [0.2, 0.25) is 0 Å². The molecule has 0 saturated carbocycles. The van der Waals surface area contributed by atoms with Crippen molar-refractivity contribution < 1.29 is 19.4 Å². The third-order valence-electron chi connectivity index (χ3n) is 4.89. The number of nitrogens with zero attached hydrogens (tertiary/aromatic N) is 3. The summed E-state index contributed by atoms with van der Waals surface area (Å²) in [7, 11) is 0. The molecule has 0 aliphatic rings. The zero-order valence-corrected chi connectivity index (χ0v) is 17.5. The van der Waals surface area contributed by atoms with E-state index in [-0.39, 0.29) is 22.7 Å². The minimum absolute atomic E-state index is 0.0363. The lowest BCUT2D eigenvalue weighted by atomic mass is 10.0. The number of carbonyl (C=O) groups is 1. The highest BCUT2D eigenvalue weighted by atomic mass is 16.6. The predicted octanol–water partition coefficient (Wildman–Crippen LogP) is 5.32. The number of hydrogen-bond acceptors (Lipinski definition) is 8. The van der Waals surface area contributed by atoms with E-state index < -0.39 is 15.8 Å². The number of anilines is 1. The summed E-state index contributed by atoms with van der Waals surface area (Å²) in [6, 6.07) is 21.8. The number of carbonyl (C=O) groups excluding carboxylic acids is 1. The Kier molecular flexibility index (Phi) is 6.22. The Bertz CT molecular complexity index is 1430. The summed E-state index contributed by atoms with van der Waals surface area (Å²) in [5.74, 6) is -0.540. The van der Waals surface area contributed by atoms with Gasteiger partial charge < -0.3 is 4.74 Å². The summed E-state index contributed by atoms with van der Waals surface area (Å²) in [4.78, 5) is 33.4. The Labute approximate surface area is 192 Å². The Morgan fingerprint density at radius 1 is 0.853 bits per heavy atom. The van der Waals surface area contributed by atoms with Gasteiger partial charge in [-0.15, -0.1) is 0 Å². The molecule has 0 heterocycles. The molecule has 0 aromatic heterocycles. The van der Waals surface area contributed by atoms with Crippen LogP contribution in [0.5, 0.6) is 5.75 Å². The Hall–Kier alpha value is -5.12. The van der Waals surface area contributed by atoms with E-state index in [1.807, 2.05) is 24.3 Å². The van der Waals surface area contributed by atoms with Crippen LogP contribution in [0.4, 0.5) is 17.1 Å². The van der Waals surface area contributed by atoms with Crippen molar-refractivity contribution in [1.29, 1.82) is 0 Å². The van der Waals surface area contributed by atoms with Crippen LogP contribution >= 0.6 is 0 Å². The van der Waals surface area contributed by atoms with Gasteiger partial charge in [0, 0.05) is 29.8 Å².